The van der Waals surface area contributed by atoms with Gasteiger partial charge >= 0.3 is 0 Å². The highest BCUT2D eigenvalue weighted by atomic mass is 35.5. The molecule has 7 nitrogen and oxygen atoms in total. The molecule has 1 aromatic heterocycles. The van der Waals surface area contributed by atoms with Gasteiger partial charge in [-0.2, -0.15) is 5.10 Å². The average Bonchev–Trinajstić information content (AvgIpc) is 3.14. The van der Waals surface area contributed by atoms with Crippen LogP contribution in [0.5, 0.6) is 0 Å². The Morgan fingerprint density at radius 3 is 2.72 bits per heavy atom. The van der Waals surface area contributed by atoms with Crippen LogP contribution in [-0.4, -0.2) is 60.6 Å². The van der Waals surface area contributed by atoms with Crippen molar-refractivity contribution < 1.29 is 14.0 Å². The minimum absolute atomic E-state index is 0.0891. The molecule has 1 aromatic carbocycles. The molecule has 0 unspecified atom stereocenters. The standard InChI is InChI=1S/C24H29ClN4O3/c1-15-21-19(26-27-23(30)16-6-4-7-17(25)14-16)8-5-9-20(21)32-22(15)24(31)29(3)18-10-12-28(2)13-11-18/h4,6-7,14,18H,5,8-13H2,1-3H3,(H,27,30)/b26-19+. The first-order chi connectivity index (χ1) is 15.3. The summed E-state index contributed by atoms with van der Waals surface area (Å²) in [6.07, 6.45) is 4.23. The third-order valence-electron chi connectivity index (χ3n) is 6.46. The molecular weight excluding hydrogens is 428 g/mol. The largest absolute Gasteiger partial charge is 0.455 e. The third kappa shape index (κ3) is 4.59. The van der Waals surface area contributed by atoms with E-state index in [-0.39, 0.29) is 17.9 Å². The number of carbonyl (C=O) groups excluding carboxylic acids is 2. The quantitative estimate of drug-likeness (QED) is 0.708. The highest BCUT2D eigenvalue weighted by Gasteiger charge is 2.32. The maximum absolute atomic E-state index is 13.3. The summed E-state index contributed by atoms with van der Waals surface area (Å²) in [4.78, 5) is 29.8. The Bertz CT molecular complexity index is 1050. The SMILES string of the molecule is Cc1c(C(=O)N(C)C2CCN(C)CC2)oc2c1/C(=N/NC(=O)c1cccc(Cl)c1)CCC2. The predicted octanol–water partition coefficient (Wildman–Crippen LogP) is 3.88. The van der Waals surface area contributed by atoms with Crippen LogP contribution in [0.1, 0.15) is 63.5 Å². The molecule has 2 aliphatic rings. The minimum atomic E-state index is -0.327. The van der Waals surface area contributed by atoms with Gasteiger partial charge in [-0.25, -0.2) is 5.43 Å². The lowest BCUT2D eigenvalue weighted by molar-refractivity contribution is 0.0625. The van der Waals surface area contributed by atoms with Crippen molar-refractivity contribution in [3.63, 3.8) is 0 Å². The van der Waals surface area contributed by atoms with Gasteiger partial charge in [0, 0.05) is 41.2 Å². The minimum Gasteiger partial charge on any atom is -0.455 e. The van der Waals surface area contributed by atoms with Crippen LogP contribution in [-0.2, 0) is 6.42 Å². The van der Waals surface area contributed by atoms with Crippen LogP contribution < -0.4 is 5.43 Å². The number of benzene rings is 1. The molecule has 1 aliphatic carbocycles. The molecule has 0 spiro atoms. The van der Waals surface area contributed by atoms with E-state index >= 15 is 0 Å². The maximum atomic E-state index is 13.3. The third-order valence-corrected chi connectivity index (χ3v) is 6.69. The van der Waals surface area contributed by atoms with E-state index in [0.29, 0.717) is 22.8 Å². The molecule has 2 aromatic rings. The molecular formula is C24H29ClN4O3. The van der Waals surface area contributed by atoms with Gasteiger partial charge in [0.2, 0.25) is 0 Å². The van der Waals surface area contributed by atoms with Crippen LogP contribution >= 0.6 is 11.6 Å². The Hall–Kier alpha value is -2.64. The Morgan fingerprint density at radius 1 is 1.25 bits per heavy atom. The van der Waals surface area contributed by atoms with Gasteiger partial charge in [-0.05, 0) is 70.9 Å². The fourth-order valence-corrected chi connectivity index (χ4v) is 4.70. The predicted molar refractivity (Wildman–Crippen MR) is 124 cm³/mol. The van der Waals surface area contributed by atoms with Crippen molar-refractivity contribution in [2.24, 2.45) is 5.10 Å². The van der Waals surface area contributed by atoms with Gasteiger partial charge in [-0.3, -0.25) is 9.59 Å². The number of piperidine rings is 1. The number of aryl methyl sites for hydroxylation is 1. The number of furan rings is 1. The molecule has 0 atom stereocenters. The molecule has 2 heterocycles. The number of carbonyl (C=O) groups is 2. The van der Waals surface area contributed by atoms with Gasteiger partial charge in [-0.15, -0.1) is 0 Å². The second kappa shape index (κ2) is 9.46. The lowest BCUT2D eigenvalue weighted by atomic mass is 9.93. The second-order valence-electron chi connectivity index (χ2n) is 8.67. The fourth-order valence-electron chi connectivity index (χ4n) is 4.50. The first-order valence-electron chi connectivity index (χ1n) is 11.1. The molecule has 8 heteroatoms. The van der Waals surface area contributed by atoms with Gasteiger partial charge in [-0.1, -0.05) is 17.7 Å². The fraction of sp³-hybridized carbons (Fsp3) is 0.458. The molecule has 32 heavy (non-hydrogen) atoms. The molecule has 0 saturated carbocycles. The van der Waals surface area contributed by atoms with E-state index in [1.54, 1.807) is 24.3 Å². The van der Waals surface area contributed by atoms with Crippen molar-refractivity contribution >= 4 is 29.1 Å². The van der Waals surface area contributed by atoms with Crippen LogP contribution in [0.3, 0.4) is 0 Å². The van der Waals surface area contributed by atoms with E-state index in [9.17, 15) is 9.59 Å². The number of amides is 2. The summed E-state index contributed by atoms with van der Waals surface area (Å²) in [6, 6.07) is 6.94. The van der Waals surface area contributed by atoms with E-state index in [4.69, 9.17) is 16.0 Å². The summed E-state index contributed by atoms with van der Waals surface area (Å²) in [6.45, 7) is 3.87. The Balaban J connectivity index is 1.54. The van der Waals surface area contributed by atoms with Crippen LogP contribution in [0, 0.1) is 6.92 Å². The van der Waals surface area contributed by atoms with E-state index in [1.165, 1.54) is 0 Å². The smallest absolute Gasteiger partial charge is 0.289 e. The summed E-state index contributed by atoms with van der Waals surface area (Å²) in [7, 11) is 3.97. The topological polar surface area (TPSA) is 78.2 Å². The molecule has 1 aliphatic heterocycles. The Morgan fingerprint density at radius 2 is 2.00 bits per heavy atom. The molecule has 2 amide bonds. The van der Waals surface area contributed by atoms with Crippen LogP contribution in [0.25, 0.3) is 0 Å². The normalized spacial score (nSPS) is 18.4. The number of rotatable bonds is 4. The lowest BCUT2D eigenvalue weighted by Gasteiger charge is -2.34. The first-order valence-corrected chi connectivity index (χ1v) is 11.4. The van der Waals surface area contributed by atoms with Crippen molar-refractivity contribution in [3.8, 4) is 0 Å². The zero-order valence-electron chi connectivity index (χ0n) is 18.8. The Labute approximate surface area is 193 Å². The van der Waals surface area contributed by atoms with Gasteiger partial charge in [0.05, 0.1) is 5.71 Å². The number of nitrogens with zero attached hydrogens (tertiary/aromatic N) is 3. The summed E-state index contributed by atoms with van der Waals surface area (Å²) >= 11 is 5.98. The second-order valence-corrected chi connectivity index (χ2v) is 9.10. The molecule has 170 valence electrons. The number of halogens is 1. The molecule has 1 N–H and O–H groups in total. The summed E-state index contributed by atoms with van der Waals surface area (Å²) in [5.74, 6) is 0.733. The average molecular weight is 457 g/mol. The molecule has 0 radical (unpaired) electrons. The van der Waals surface area contributed by atoms with E-state index in [0.717, 1.165) is 61.4 Å². The number of fused-ring (bicyclic) bond motifs is 1. The maximum Gasteiger partial charge on any atom is 0.289 e. The van der Waals surface area contributed by atoms with E-state index < -0.39 is 0 Å². The van der Waals surface area contributed by atoms with Gasteiger partial charge in [0.25, 0.3) is 11.8 Å². The van der Waals surface area contributed by atoms with Crippen LogP contribution in [0.4, 0.5) is 0 Å². The number of hydrazone groups is 1. The summed E-state index contributed by atoms with van der Waals surface area (Å²) < 4.78 is 6.06. The number of nitrogens with one attached hydrogen (secondary N) is 1. The van der Waals surface area contributed by atoms with Crippen LogP contribution in [0.15, 0.2) is 33.8 Å². The monoisotopic (exact) mass is 456 g/mol. The zero-order valence-corrected chi connectivity index (χ0v) is 19.5. The van der Waals surface area contributed by atoms with Crippen molar-refractivity contribution in [2.45, 2.75) is 45.1 Å². The number of hydrogen-bond donors (Lipinski definition) is 1. The summed E-state index contributed by atoms with van der Waals surface area (Å²) in [5, 5.41) is 4.88. The molecule has 1 saturated heterocycles. The van der Waals surface area contributed by atoms with Gasteiger partial charge in [0.1, 0.15) is 5.76 Å². The summed E-state index contributed by atoms with van der Waals surface area (Å²) in [5.41, 5.74) is 5.45. The molecule has 0 bridgehead atoms. The molecule has 1 fully saturated rings. The van der Waals surface area contributed by atoms with Crippen molar-refractivity contribution in [1.82, 2.24) is 15.2 Å². The zero-order chi connectivity index (χ0) is 22.8. The van der Waals surface area contributed by atoms with E-state index in [2.05, 4.69) is 22.5 Å². The number of likely N-dealkylation sites (tertiary alicyclic amines) is 1. The van der Waals surface area contributed by atoms with Crippen molar-refractivity contribution in [3.05, 3.63) is 57.5 Å². The lowest BCUT2D eigenvalue weighted by Crippen LogP contribution is -2.44. The molecule has 4 rings (SSSR count). The van der Waals surface area contributed by atoms with Crippen molar-refractivity contribution in [1.29, 1.82) is 0 Å². The first kappa shape index (κ1) is 22.6. The van der Waals surface area contributed by atoms with Crippen LogP contribution in [0.2, 0.25) is 5.02 Å². The Kier molecular flexibility index (Phi) is 6.67. The van der Waals surface area contributed by atoms with Gasteiger partial charge < -0.3 is 14.2 Å². The highest BCUT2D eigenvalue weighted by Crippen LogP contribution is 2.31. The van der Waals surface area contributed by atoms with Crippen molar-refractivity contribution in [2.75, 3.05) is 27.2 Å². The van der Waals surface area contributed by atoms with E-state index in [1.807, 2.05) is 18.9 Å². The number of hydrogen-bond acceptors (Lipinski definition) is 5. The highest BCUT2D eigenvalue weighted by molar-refractivity contribution is 6.31. The van der Waals surface area contributed by atoms with Gasteiger partial charge in [0.15, 0.2) is 5.76 Å².